The lowest BCUT2D eigenvalue weighted by molar-refractivity contribution is -0.141. The first-order valence-corrected chi connectivity index (χ1v) is 8.32. The Morgan fingerprint density at radius 1 is 1.17 bits per heavy atom. The number of carboxylic acid groups (broad SMARTS) is 1. The number of carboxylic acids is 1. The van der Waals surface area contributed by atoms with Crippen LogP contribution in [0.15, 0.2) is 18.2 Å². The lowest BCUT2D eigenvalue weighted by Gasteiger charge is -2.28. The zero-order valence-corrected chi connectivity index (χ0v) is 14.0. The zero-order valence-electron chi connectivity index (χ0n) is 14.0. The Bertz CT molecular complexity index is 655. The van der Waals surface area contributed by atoms with E-state index in [1.807, 2.05) is 32.0 Å². The van der Waals surface area contributed by atoms with Crippen molar-refractivity contribution >= 4 is 11.9 Å². The van der Waals surface area contributed by atoms with Crippen molar-refractivity contribution in [2.45, 2.75) is 44.6 Å². The van der Waals surface area contributed by atoms with Gasteiger partial charge in [0.2, 0.25) is 5.91 Å². The molecule has 130 valence electrons. The molecule has 1 aliphatic carbocycles. The first-order chi connectivity index (χ1) is 11.4. The zero-order chi connectivity index (χ0) is 17.3. The van der Waals surface area contributed by atoms with Crippen LogP contribution < -0.4 is 14.8 Å². The summed E-state index contributed by atoms with van der Waals surface area (Å²) >= 11 is 0. The van der Waals surface area contributed by atoms with Crippen LogP contribution in [0.1, 0.15) is 38.7 Å². The molecule has 3 rings (SSSR count). The quantitative estimate of drug-likeness (QED) is 0.881. The molecule has 0 bridgehead atoms. The van der Waals surface area contributed by atoms with Crippen LogP contribution in [0.5, 0.6) is 11.5 Å². The Morgan fingerprint density at radius 2 is 1.88 bits per heavy atom. The number of amides is 1. The minimum atomic E-state index is -0.780. The lowest BCUT2D eigenvalue weighted by atomic mass is 9.83. The normalized spacial score (nSPS) is 22.9. The van der Waals surface area contributed by atoms with Gasteiger partial charge in [-0.1, -0.05) is 6.07 Å². The lowest BCUT2D eigenvalue weighted by Crippen LogP contribution is -2.44. The molecule has 1 amide bonds. The van der Waals surface area contributed by atoms with E-state index in [0.717, 1.165) is 5.56 Å². The fourth-order valence-corrected chi connectivity index (χ4v) is 3.27. The van der Waals surface area contributed by atoms with Crippen LogP contribution in [0.2, 0.25) is 0 Å². The molecule has 1 heterocycles. The first-order valence-electron chi connectivity index (χ1n) is 8.32. The second-order valence-corrected chi connectivity index (χ2v) is 7.00. The Kier molecular flexibility index (Phi) is 4.39. The van der Waals surface area contributed by atoms with Crippen LogP contribution >= 0.6 is 0 Å². The summed E-state index contributed by atoms with van der Waals surface area (Å²) in [6.45, 7) is 4.75. The molecule has 1 aliphatic heterocycles. The number of carbonyl (C=O) groups excluding carboxylic acids is 1. The van der Waals surface area contributed by atoms with E-state index in [1.54, 1.807) is 0 Å². The predicted octanol–water partition coefficient (Wildman–Crippen LogP) is 2.10. The number of carbonyl (C=O) groups is 2. The second-order valence-electron chi connectivity index (χ2n) is 7.00. The molecule has 2 N–H and O–H groups in total. The van der Waals surface area contributed by atoms with Crippen LogP contribution in [0.25, 0.3) is 0 Å². The molecule has 6 heteroatoms. The number of nitrogens with one attached hydrogen (secondary N) is 1. The van der Waals surface area contributed by atoms with Gasteiger partial charge in [-0.15, -0.1) is 0 Å². The summed E-state index contributed by atoms with van der Waals surface area (Å²) in [6, 6.07) is 5.48. The van der Waals surface area contributed by atoms with E-state index in [4.69, 9.17) is 14.6 Å². The van der Waals surface area contributed by atoms with Crippen LogP contribution in [-0.2, 0) is 15.0 Å². The van der Waals surface area contributed by atoms with Crippen molar-refractivity contribution in [3.8, 4) is 11.5 Å². The molecular weight excluding hydrogens is 310 g/mol. The summed E-state index contributed by atoms with van der Waals surface area (Å²) in [5.74, 6) is 0.119. The summed E-state index contributed by atoms with van der Waals surface area (Å²) in [4.78, 5) is 23.8. The van der Waals surface area contributed by atoms with E-state index in [1.165, 1.54) is 0 Å². The Labute approximate surface area is 141 Å². The van der Waals surface area contributed by atoms with E-state index in [9.17, 15) is 9.59 Å². The minimum absolute atomic E-state index is 0.0740. The van der Waals surface area contributed by atoms with Gasteiger partial charge in [0.15, 0.2) is 11.5 Å². The maximum atomic E-state index is 12.7. The van der Waals surface area contributed by atoms with Gasteiger partial charge in [0.25, 0.3) is 0 Å². The van der Waals surface area contributed by atoms with E-state index < -0.39 is 11.4 Å². The van der Waals surface area contributed by atoms with E-state index in [-0.39, 0.29) is 17.9 Å². The Morgan fingerprint density at radius 3 is 2.54 bits per heavy atom. The highest BCUT2D eigenvalue weighted by Gasteiger charge is 2.36. The molecular formula is C18H23NO5. The molecule has 2 aliphatic rings. The van der Waals surface area contributed by atoms with Gasteiger partial charge in [0.1, 0.15) is 13.2 Å². The molecule has 6 nitrogen and oxygen atoms in total. The number of hydrogen-bond donors (Lipinski definition) is 2. The average molecular weight is 333 g/mol. The van der Waals surface area contributed by atoms with Crippen molar-refractivity contribution in [1.29, 1.82) is 0 Å². The highest BCUT2D eigenvalue weighted by Crippen LogP contribution is 2.35. The van der Waals surface area contributed by atoms with E-state index >= 15 is 0 Å². The van der Waals surface area contributed by atoms with Crippen LogP contribution in [0, 0.1) is 5.92 Å². The van der Waals surface area contributed by atoms with Crippen molar-refractivity contribution in [3.63, 3.8) is 0 Å². The maximum Gasteiger partial charge on any atom is 0.306 e. The van der Waals surface area contributed by atoms with Gasteiger partial charge in [-0.2, -0.15) is 0 Å². The SMILES string of the molecule is CC(C)(C(=O)N[C@@H]1CC[C@H](C(=O)O)C1)c1ccc2c(c1)OCCO2. The van der Waals surface area contributed by atoms with Gasteiger partial charge in [-0.05, 0) is 50.8 Å². The summed E-state index contributed by atoms with van der Waals surface area (Å²) in [6.07, 6.45) is 1.82. The largest absolute Gasteiger partial charge is 0.486 e. The van der Waals surface area contributed by atoms with Gasteiger partial charge in [0, 0.05) is 6.04 Å². The molecule has 1 saturated carbocycles. The smallest absolute Gasteiger partial charge is 0.306 e. The standard InChI is InChI=1S/C18H23NO5/c1-18(2,12-4-6-14-15(10-12)24-8-7-23-14)17(22)19-13-5-3-11(9-13)16(20)21/h4,6,10-11,13H,3,5,7-9H2,1-2H3,(H,19,22)(H,20,21)/t11-,13+/m0/s1. The molecule has 24 heavy (non-hydrogen) atoms. The van der Waals surface area contributed by atoms with Crippen LogP contribution in [0.4, 0.5) is 0 Å². The van der Waals surface area contributed by atoms with E-state index in [0.29, 0.717) is 44.0 Å². The fraction of sp³-hybridized carbons (Fsp3) is 0.556. The van der Waals surface area contributed by atoms with Crippen molar-refractivity contribution in [3.05, 3.63) is 23.8 Å². The highest BCUT2D eigenvalue weighted by atomic mass is 16.6. The van der Waals surface area contributed by atoms with Crippen molar-refractivity contribution < 1.29 is 24.2 Å². The van der Waals surface area contributed by atoms with Crippen LogP contribution in [0.3, 0.4) is 0 Å². The molecule has 2 atom stereocenters. The fourth-order valence-electron chi connectivity index (χ4n) is 3.27. The van der Waals surface area contributed by atoms with Crippen molar-refractivity contribution in [1.82, 2.24) is 5.32 Å². The average Bonchev–Trinajstić information content (AvgIpc) is 3.03. The number of aliphatic carboxylic acids is 1. The number of fused-ring (bicyclic) bond motifs is 1. The number of ether oxygens (including phenoxy) is 2. The minimum Gasteiger partial charge on any atom is -0.486 e. The third-order valence-electron chi connectivity index (χ3n) is 4.95. The Hall–Kier alpha value is -2.24. The van der Waals surface area contributed by atoms with Gasteiger partial charge >= 0.3 is 5.97 Å². The maximum absolute atomic E-state index is 12.7. The van der Waals surface area contributed by atoms with Crippen molar-refractivity contribution in [2.75, 3.05) is 13.2 Å². The van der Waals surface area contributed by atoms with Crippen molar-refractivity contribution in [2.24, 2.45) is 5.92 Å². The molecule has 0 aromatic heterocycles. The molecule has 0 unspecified atom stereocenters. The van der Waals surface area contributed by atoms with Gasteiger partial charge in [0.05, 0.1) is 11.3 Å². The van der Waals surface area contributed by atoms with Gasteiger partial charge in [-0.25, -0.2) is 0 Å². The number of rotatable bonds is 4. The second kappa shape index (κ2) is 6.34. The summed E-state index contributed by atoms with van der Waals surface area (Å²) < 4.78 is 11.1. The molecule has 0 spiro atoms. The molecule has 0 saturated heterocycles. The van der Waals surface area contributed by atoms with Gasteiger partial charge in [-0.3, -0.25) is 9.59 Å². The Balaban J connectivity index is 1.70. The molecule has 1 fully saturated rings. The monoisotopic (exact) mass is 333 g/mol. The highest BCUT2D eigenvalue weighted by molar-refractivity contribution is 5.88. The van der Waals surface area contributed by atoms with E-state index in [2.05, 4.69) is 5.32 Å². The molecule has 1 aromatic rings. The summed E-state index contributed by atoms with van der Waals surface area (Å²) in [7, 11) is 0. The number of benzene rings is 1. The first kappa shape index (κ1) is 16.6. The van der Waals surface area contributed by atoms with Crippen LogP contribution in [-0.4, -0.2) is 36.2 Å². The third-order valence-corrected chi connectivity index (χ3v) is 4.95. The topological polar surface area (TPSA) is 84.9 Å². The van der Waals surface area contributed by atoms with Gasteiger partial charge < -0.3 is 19.9 Å². The molecule has 0 radical (unpaired) electrons. The molecule has 1 aromatic carbocycles. The summed E-state index contributed by atoms with van der Waals surface area (Å²) in [5.41, 5.74) is 0.106. The summed E-state index contributed by atoms with van der Waals surface area (Å²) in [5, 5.41) is 12.1. The third kappa shape index (κ3) is 3.18. The predicted molar refractivity (Wildman–Crippen MR) is 87.4 cm³/mol. The number of hydrogen-bond acceptors (Lipinski definition) is 4.